The van der Waals surface area contributed by atoms with Crippen LogP contribution in [0.2, 0.25) is 0 Å². The Kier molecular flexibility index (Phi) is 4.19. The highest BCUT2D eigenvalue weighted by molar-refractivity contribution is 5.68. The molecule has 1 aliphatic rings. The van der Waals surface area contributed by atoms with Crippen molar-refractivity contribution in [2.24, 2.45) is 0 Å². The van der Waals surface area contributed by atoms with Crippen molar-refractivity contribution in [3.63, 3.8) is 0 Å². The predicted molar refractivity (Wildman–Crippen MR) is 64.5 cm³/mol. The molecular formula is C12H24N2O2. The Labute approximate surface area is 98.3 Å². The molecule has 4 nitrogen and oxygen atoms in total. The number of amides is 1. The minimum atomic E-state index is -0.420. The molecule has 94 valence electrons. The van der Waals surface area contributed by atoms with Crippen molar-refractivity contribution in [1.82, 2.24) is 10.2 Å². The largest absolute Gasteiger partial charge is 0.444 e. The van der Waals surface area contributed by atoms with Gasteiger partial charge in [-0.2, -0.15) is 0 Å². The lowest BCUT2D eigenvalue weighted by Crippen LogP contribution is -2.53. The van der Waals surface area contributed by atoms with Gasteiger partial charge >= 0.3 is 6.09 Å². The van der Waals surface area contributed by atoms with Crippen molar-refractivity contribution in [2.75, 3.05) is 13.6 Å². The van der Waals surface area contributed by atoms with Crippen LogP contribution in [-0.4, -0.2) is 42.3 Å². The number of nitrogens with zero attached hydrogens (tertiary/aromatic N) is 1. The molecule has 2 atom stereocenters. The molecule has 0 aromatic rings. The molecule has 0 saturated carbocycles. The molecule has 1 aliphatic heterocycles. The van der Waals surface area contributed by atoms with E-state index in [2.05, 4.69) is 12.2 Å². The van der Waals surface area contributed by atoms with E-state index >= 15 is 0 Å². The first kappa shape index (κ1) is 13.3. The SMILES string of the molecule is C[C@@H]1NCCC[C@@H]1N(C)C(=O)OC(C)(C)C. The van der Waals surface area contributed by atoms with Crippen LogP contribution in [0.25, 0.3) is 0 Å². The van der Waals surface area contributed by atoms with Gasteiger partial charge in [0.1, 0.15) is 5.60 Å². The van der Waals surface area contributed by atoms with E-state index in [4.69, 9.17) is 4.74 Å². The minimum absolute atomic E-state index is 0.229. The van der Waals surface area contributed by atoms with E-state index in [1.807, 2.05) is 27.8 Å². The molecule has 16 heavy (non-hydrogen) atoms. The Bertz CT molecular complexity index is 248. The van der Waals surface area contributed by atoms with Crippen LogP contribution in [0.5, 0.6) is 0 Å². The van der Waals surface area contributed by atoms with Gasteiger partial charge in [0.05, 0.1) is 0 Å². The van der Waals surface area contributed by atoms with Gasteiger partial charge in [-0.15, -0.1) is 0 Å². The van der Waals surface area contributed by atoms with Crippen LogP contribution >= 0.6 is 0 Å². The van der Waals surface area contributed by atoms with Gasteiger partial charge in [0.2, 0.25) is 0 Å². The van der Waals surface area contributed by atoms with E-state index in [-0.39, 0.29) is 12.1 Å². The van der Waals surface area contributed by atoms with Gasteiger partial charge in [-0.1, -0.05) is 0 Å². The molecule has 1 amide bonds. The number of rotatable bonds is 1. The predicted octanol–water partition coefficient (Wildman–Crippen LogP) is 1.99. The van der Waals surface area contributed by atoms with Gasteiger partial charge in [-0.25, -0.2) is 4.79 Å². The highest BCUT2D eigenvalue weighted by Gasteiger charge is 2.30. The van der Waals surface area contributed by atoms with E-state index in [1.54, 1.807) is 4.90 Å². The van der Waals surface area contributed by atoms with Crippen LogP contribution in [-0.2, 0) is 4.74 Å². The fourth-order valence-electron chi connectivity index (χ4n) is 2.03. The van der Waals surface area contributed by atoms with E-state index in [0.29, 0.717) is 6.04 Å². The van der Waals surface area contributed by atoms with E-state index in [9.17, 15) is 4.79 Å². The van der Waals surface area contributed by atoms with Crippen molar-refractivity contribution in [3.8, 4) is 0 Å². The molecule has 1 N–H and O–H groups in total. The quantitative estimate of drug-likeness (QED) is 0.746. The number of piperidine rings is 1. The second-order valence-electron chi connectivity index (χ2n) is 5.54. The second-order valence-corrected chi connectivity index (χ2v) is 5.54. The van der Waals surface area contributed by atoms with Crippen molar-refractivity contribution in [1.29, 1.82) is 0 Å². The van der Waals surface area contributed by atoms with Crippen LogP contribution in [0.4, 0.5) is 4.79 Å². The molecule has 0 aromatic heterocycles. The number of hydrogen-bond acceptors (Lipinski definition) is 3. The summed E-state index contributed by atoms with van der Waals surface area (Å²) in [5.41, 5.74) is -0.420. The Morgan fingerprint density at radius 2 is 2.06 bits per heavy atom. The average molecular weight is 228 g/mol. The summed E-state index contributed by atoms with van der Waals surface area (Å²) in [7, 11) is 1.82. The highest BCUT2D eigenvalue weighted by atomic mass is 16.6. The topological polar surface area (TPSA) is 41.6 Å². The summed E-state index contributed by atoms with van der Waals surface area (Å²) in [6, 6.07) is 0.579. The summed E-state index contributed by atoms with van der Waals surface area (Å²) < 4.78 is 5.36. The second kappa shape index (κ2) is 5.04. The number of hydrogen-bond donors (Lipinski definition) is 1. The fraction of sp³-hybridized carbons (Fsp3) is 0.917. The lowest BCUT2D eigenvalue weighted by molar-refractivity contribution is 0.0162. The zero-order valence-corrected chi connectivity index (χ0v) is 11.0. The Morgan fingerprint density at radius 3 is 2.56 bits per heavy atom. The lowest BCUT2D eigenvalue weighted by atomic mass is 9.99. The summed E-state index contributed by atoms with van der Waals surface area (Å²) >= 11 is 0. The minimum Gasteiger partial charge on any atom is -0.444 e. The van der Waals surface area contributed by atoms with Crippen LogP contribution in [0.15, 0.2) is 0 Å². The summed E-state index contributed by atoms with van der Waals surface area (Å²) in [5.74, 6) is 0. The van der Waals surface area contributed by atoms with Gasteiger partial charge in [0, 0.05) is 19.1 Å². The maximum absolute atomic E-state index is 11.9. The summed E-state index contributed by atoms with van der Waals surface area (Å²) in [4.78, 5) is 13.6. The first-order chi connectivity index (χ1) is 7.31. The number of nitrogens with one attached hydrogen (secondary N) is 1. The Hall–Kier alpha value is -0.770. The number of likely N-dealkylation sites (N-methyl/N-ethyl adjacent to an activating group) is 1. The van der Waals surface area contributed by atoms with E-state index in [0.717, 1.165) is 19.4 Å². The van der Waals surface area contributed by atoms with Crippen molar-refractivity contribution < 1.29 is 9.53 Å². The first-order valence-corrected chi connectivity index (χ1v) is 6.00. The molecule has 0 aliphatic carbocycles. The Morgan fingerprint density at radius 1 is 1.44 bits per heavy atom. The van der Waals surface area contributed by atoms with Crippen LogP contribution < -0.4 is 5.32 Å². The van der Waals surface area contributed by atoms with Gasteiger partial charge < -0.3 is 15.0 Å². The third-order valence-electron chi connectivity index (χ3n) is 2.90. The van der Waals surface area contributed by atoms with Crippen LogP contribution in [0, 0.1) is 0 Å². The molecule has 1 saturated heterocycles. The smallest absolute Gasteiger partial charge is 0.410 e. The monoisotopic (exact) mass is 228 g/mol. The van der Waals surface area contributed by atoms with Crippen LogP contribution in [0.1, 0.15) is 40.5 Å². The van der Waals surface area contributed by atoms with Crippen molar-refractivity contribution in [2.45, 2.75) is 58.2 Å². The van der Waals surface area contributed by atoms with E-state index < -0.39 is 5.60 Å². The standard InChI is InChI=1S/C12H24N2O2/c1-9-10(7-6-8-13-9)14(5)11(15)16-12(2,3)4/h9-10,13H,6-8H2,1-5H3/t9-,10-/m0/s1. The van der Waals surface area contributed by atoms with Gasteiger partial charge in [0.25, 0.3) is 0 Å². The molecule has 0 spiro atoms. The Balaban J connectivity index is 2.55. The molecular weight excluding hydrogens is 204 g/mol. The summed E-state index contributed by atoms with van der Waals surface area (Å²) in [5, 5.41) is 3.38. The van der Waals surface area contributed by atoms with Crippen molar-refractivity contribution >= 4 is 6.09 Å². The molecule has 1 fully saturated rings. The molecule has 0 bridgehead atoms. The highest BCUT2D eigenvalue weighted by Crippen LogP contribution is 2.17. The summed E-state index contributed by atoms with van der Waals surface area (Å²) in [6.07, 6.45) is 1.93. The fourth-order valence-corrected chi connectivity index (χ4v) is 2.03. The number of ether oxygens (including phenoxy) is 1. The number of carbonyl (C=O) groups is 1. The molecule has 0 aromatic carbocycles. The molecule has 4 heteroatoms. The zero-order chi connectivity index (χ0) is 12.3. The third kappa shape index (κ3) is 3.67. The molecule has 0 radical (unpaired) electrons. The summed E-state index contributed by atoms with van der Waals surface area (Å²) in [6.45, 7) is 8.83. The van der Waals surface area contributed by atoms with E-state index in [1.165, 1.54) is 0 Å². The maximum atomic E-state index is 11.9. The normalized spacial score (nSPS) is 26.3. The lowest BCUT2D eigenvalue weighted by Gasteiger charge is -2.37. The van der Waals surface area contributed by atoms with Gasteiger partial charge in [-0.05, 0) is 47.1 Å². The third-order valence-corrected chi connectivity index (χ3v) is 2.90. The molecule has 0 unspecified atom stereocenters. The average Bonchev–Trinajstić information content (AvgIpc) is 2.15. The number of carbonyl (C=O) groups excluding carboxylic acids is 1. The van der Waals surface area contributed by atoms with Crippen LogP contribution in [0.3, 0.4) is 0 Å². The first-order valence-electron chi connectivity index (χ1n) is 6.00. The molecule has 1 heterocycles. The van der Waals surface area contributed by atoms with Gasteiger partial charge in [-0.3, -0.25) is 0 Å². The van der Waals surface area contributed by atoms with Crippen molar-refractivity contribution in [3.05, 3.63) is 0 Å². The maximum Gasteiger partial charge on any atom is 0.410 e. The van der Waals surface area contributed by atoms with Gasteiger partial charge in [0.15, 0.2) is 0 Å². The zero-order valence-electron chi connectivity index (χ0n) is 11.0. The molecule has 1 rings (SSSR count).